The third kappa shape index (κ3) is 2.86. The van der Waals surface area contributed by atoms with Crippen molar-refractivity contribution < 1.29 is 4.79 Å². The number of thioether (sulfide) groups is 1. The lowest BCUT2D eigenvalue weighted by Gasteiger charge is -2.25. The standard InChI is InChI=1S/C16H21NOS/c1-4-10-17-11-13(2)16(3,15(17)18)12-19-14-8-6-5-7-9-14/h4-9,13H,1,10-12H2,2-3H3/t13-,16+/m0/s1. The molecule has 1 saturated heterocycles. The summed E-state index contributed by atoms with van der Waals surface area (Å²) in [5, 5.41) is 0. The van der Waals surface area contributed by atoms with Gasteiger partial charge in [0.05, 0.1) is 5.41 Å². The summed E-state index contributed by atoms with van der Waals surface area (Å²) >= 11 is 1.77. The maximum absolute atomic E-state index is 12.5. The predicted octanol–water partition coefficient (Wildman–Crippen LogP) is 3.45. The summed E-state index contributed by atoms with van der Waals surface area (Å²) in [5.74, 6) is 1.49. The van der Waals surface area contributed by atoms with E-state index < -0.39 is 0 Å². The molecule has 0 N–H and O–H groups in total. The van der Waals surface area contributed by atoms with Gasteiger partial charge >= 0.3 is 0 Å². The van der Waals surface area contributed by atoms with E-state index in [1.807, 2.05) is 23.1 Å². The number of nitrogens with zero attached hydrogens (tertiary/aromatic N) is 1. The highest BCUT2D eigenvalue weighted by Gasteiger charge is 2.47. The molecule has 1 aromatic carbocycles. The fourth-order valence-electron chi connectivity index (χ4n) is 2.45. The van der Waals surface area contributed by atoms with Crippen LogP contribution in [0.1, 0.15) is 13.8 Å². The van der Waals surface area contributed by atoms with E-state index in [-0.39, 0.29) is 11.3 Å². The van der Waals surface area contributed by atoms with E-state index >= 15 is 0 Å². The molecular formula is C16H21NOS. The average Bonchev–Trinajstić information content (AvgIpc) is 2.63. The minimum atomic E-state index is -0.260. The van der Waals surface area contributed by atoms with E-state index in [9.17, 15) is 4.79 Å². The summed E-state index contributed by atoms with van der Waals surface area (Å²) in [4.78, 5) is 15.7. The van der Waals surface area contributed by atoms with Crippen molar-refractivity contribution in [3.63, 3.8) is 0 Å². The lowest BCUT2D eigenvalue weighted by Crippen LogP contribution is -2.35. The van der Waals surface area contributed by atoms with Gasteiger partial charge in [0, 0.05) is 23.7 Å². The molecular weight excluding hydrogens is 254 g/mol. The number of benzene rings is 1. The van der Waals surface area contributed by atoms with Gasteiger partial charge < -0.3 is 4.90 Å². The van der Waals surface area contributed by atoms with Crippen LogP contribution < -0.4 is 0 Å². The lowest BCUT2D eigenvalue weighted by molar-refractivity contribution is -0.134. The molecule has 2 atom stereocenters. The van der Waals surface area contributed by atoms with Crippen LogP contribution >= 0.6 is 11.8 Å². The molecule has 1 amide bonds. The van der Waals surface area contributed by atoms with Crippen LogP contribution in [0.25, 0.3) is 0 Å². The molecule has 1 aliphatic rings. The minimum absolute atomic E-state index is 0.260. The summed E-state index contributed by atoms with van der Waals surface area (Å²) in [7, 11) is 0. The van der Waals surface area contributed by atoms with Gasteiger partial charge in [0.2, 0.25) is 5.91 Å². The van der Waals surface area contributed by atoms with Gasteiger partial charge in [-0.15, -0.1) is 18.3 Å². The zero-order valence-electron chi connectivity index (χ0n) is 11.6. The maximum atomic E-state index is 12.5. The van der Waals surface area contributed by atoms with Crippen molar-refractivity contribution in [3.8, 4) is 0 Å². The predicted molar refractivity (Wildman–Crippen MR) is 81.2 cm³/mol. The Bertz CT molecular complexity index is 459. The molecule has 0 unspecified atom stereocenters. The van der Waals surface area contributed by atoms with Crippen LogP contribution in [0.15, 0.2) is 47.9 Å². The van der Waals surface area contributed by atoms with Gasteiger partial charge in [0.15, 0.2) is 0 Å². The van der Waals surface area contributed by atoms with Crippen LogP contribution in [0.2, 0.25) is 0 Å². The number of likely N-dealkylation sites (tertiary alicyclic amines) is 1. The van der Waals surface area contributed by atoms with E-state index in [4.69, 9.17) is 0 Å². The van der Waals surface area contributed by atoms with Crippen LogP contribution in [0.5, 0.6) is 0 Å². The topological polar surface area (TPSA) is 20.3 Å². The second kappa shape index (κ2) is 5.83. The van der Waals surface area contributed by atoms with Crippen molar-refractivity contribution in [1.29, 1.82) is 0 Å². The van der Waals surface area contributed by atoms with Crippen molar-refractivity contribution >= 4 is 17.7 Å². The molecule has 0 saturated carbocycles. The van der Waals surface area contributed by atoms with Gasteiger partial charge in [-0.2, -0.15) is 0 Å². The second-order valence-corrected chi connectivity index (χ2v) is 6.47. The molecule has 0 radical (unpaired) electrons. The highest BCUT2D eigenvalue weighted by molar-refractivity contribution is 7.99. The molecule has 0 bridgehead atoms. The third-order valence-electron chi connectivity index (χ3n) is 3.99. The fourth-order valence-corrected chi connectivity index (χ4v) is 3.68. The number of hydrogen-bond donors (Lipinski definition) is 0. The van der Waals surface area contributed by atoms with E-state index in [2.05, 4.69) is 32.6 Å². The molecule has 2 rings (SSSR count). The van der Waals surface area contributed by atoms with Gasteiger partial charge in [-0.1, -0.05) is 31.2 Å². The highest BCUT2D eigenvalue weighted by Crippen LogP contribution is 2.41. The number of carbonyl (C=O) groups excluding carboxylic acids is 1. The van der Waals surface area contributed by atoms with Crippen molar-refractivity contribution in [2.24, 2.45) is 11.3 Å². The Morgan fingerprint density at radius 3 is 2.79 bits per heavy atom. The SMILES string of the molecule is C=CCN1C[C@H](C)[C@@](C)(CSc2ccccc2)C1=O. The first kappa shape index (κ1) is 14.2. The fraction of sp³-hybridized carbons (Fsp3) is 0.438. The number of carbonyl (C=O) groups is 1. The van der Waals surface area contributed by atoms with Gasteiger partial charge in [-0.3, -0.25) is 4.79 Å². The molecule has 2 nitrogen and oxygen atoms in total. The Morgan fingerprint density at radius 2 is 2.16 bits per heavy atom. The zero-order chi connectivity index (χ0) is 13.9. The molecule has 0 aliphatic carbocycles. The smallest absolute Gasteiger partial charge is 0.229 e. The molecule has 1 aliphatic heterocycles. The van der Waals surface area contributed by atoms with Crippen molar-refractivity contribution in [2.45, 2.75) is 18.7 Å². The second-order valence-electron chi connectivity index (χ2n) is 5.42. The Balaban J connectivity index is 2.05. The normalized spacial score (nSPS) is 26.7. The van der Waals surface area contributed by atoms with Gasteiger partial charge in [0.25, 0.3) is 0 Å². The third-order valence-corrected chi connectivity index (χ3v) is 5.34. The van der Waals surface area contributed by atoms with Crippen LogP contribution in [0.4, 0.5) is 0 Å². The first-order valence-corrected chi connectivity index (χ1v) is 7.64. The number of amides is 1. The Labute approximate surface area is 119 Å². The van der Waals surface area contributed by atoms with E-state index in [1.165, 1.54) is 4.90 Å². The maximum Gasteiger partial charge on any atom is 0.229 e. The van der Waals surface area contributed by atoms with Crippen LogP contribution in [-0.4, -0.2) is 29.6 Å². The Kier molecular flexibility index (Phi) is 4.35. The summed E-state index contributed by atoms with van der Waals surface area (Å²) in [6.07, 6.45) is 1.81. The first-order valence-electron chi connectivity index (χ1n) is 6.66. The molecule has 19 heavy (non-hydrogen) atoms. The minimum Gasteiger partial charge on any atom is -0.338 e. The summed E-state index contributed by atoms with van der Waals surface area (Å²) < 4.78 is 0. The molecule has 0 aromatic heterocycles. The highest BCUT2D eigenvalue weighted by atomic mass is 32.2. The monoisotopic (exact) mass is 275 g/mol. The van der Waals surface area contributed by atoms with Crippen LogP contribution in [-0.2, 0) is 4.79 Å². The largest absolute Gasteiger partial charge is 0.338 e. The number of hydrogen-bond acceptors (Lipinski definition) is 2. The molecule has 1 fully saturated rings. The van der Waals surface area contributed by atoms with E-state index in [0.29, 0.717) is 12.5 Å². The van der Waals surface area contributed by atoms with Crippen molar-refractivity contribution in [1.82, 2.24) is 4.90 Å². The number of rotatable bonds is 5. The lowest BCUT2D eigenvalue weighted by atomic mass is 9.82. The molecule has 0 spiro atoms. The van der Waals surface area contributed by atoms with Crippen LogP contribution in [0.3, 0.4) is 0 Å². The Hall–Kier alpha value is -1.22. The summed E-state index contributed by atoms with van der Waals surface area (Å²) in [6.45, 7) is 9.50. The first-order chi connectivity index (χ1) is 9.08. The zero-order valence-corrected chi connectivity index (χ0v) is 12.5. The quantitative estimate of drug-likeness (QED) is 0.606. The van der Waals surface area contributed by atoms with Crippen LogP contribution in [0, 0.1) is 11.3 Å². The van der Waals surface area contributed by atoms with Gasteiger partial charge in [0.1, 0.15) is 0 Å². The molecule has 102 valence electrons. The van der Waals surface area contributed by atoms with E-state index in [1.54, 1.807) is 17.8 Å². The average molecular weight is 275 g/mol. The van der Waals surface area contributed by atoms with Crippen molar-refractivity contribution in [2.75, 3.05) is 18.8 Å². The van der Waals surface area contributed by atoms with Crippen molar-refractivity contribution in [3.05, 3.63) is 43.0 Å². The molecule has 1 aromatic rings. The molecule has 3 heteroatoms. The summed E-state index contributed by atoms with van der Waals surface area (Å²) in [5.41, 5.74) is -0.260. The Morgan fingerprint density at radius 1 is 1.47 bits per heavy atom. The summed E-state index contributed by atoms with van der Waals surface area (Å²) in [6, 6.07) is 10.3. The molecule has 1 heterocycles. The van der Waals surface area contributed by atoms with E-state index in [0.717, 1.165) is 12.3 Å². The van der Waals surface area contributed by atoms with Gasteiger partial charge in [-0.05, 0) is 25.0 Å². The van der Waals surface area contributed by atoms with Gasteiger partial charge in [-0.25, -0.2) is 0 Å².